The van der Waals surface area contributed by atoms with Gasteiger partial charge in [0.15, 0.2) is 5.82 Å². The van der Waals surface area contributed by atoms with Crippen molar-refractivity contribution in [2.75, 3.05) is 0 Å². The molecular weight excluding hydrogens is 765 g/mol. The van der Waals surface area contributed by atoms with E-state index in [1.54, 1.807) is 11.1 Å². The normalized spacial score (nSPS) is 21.7. The SMILES string of the molecule is c1ccc(-c2cc(-c3ccccc3)nc(-c3cc4ccccc4cc3-c3ccc4c(c3)-c3cc(-c5ccc6oc7ccccc7c6c5)ccc3C43C4CC5CC(C4)CC3C5)n2)cc1. The van der Waals surface area contributed by atoms with Gasteiger partial charge >= 0.3 is 0 Å². The van der Waals surface area contributed by atoms with Gasteiger partial charge in [0.05, 0.1) is 11.4 Å². The van der Waals surface area contributed by atoms with Crippen LogP contribution >= 0.6 is 0 Å². The van der Waals surface area contributed by atoms with E-state index in [0.717, 1.165) is 62.5 Å². The Balaban J connectivity index is 0.986. The molecule has 2 aromatic heterocycles. The van der Waals surface area contributed by atoms with Crippen LogP contribution in [0.3, 0.4) is 0 Å². The molecule has 15 rings (SSSR count). The van der Waals surface area contributed by atoms with Crippen molar-refractivity contribution in [2.24, 2.45) is 23.7 Å². The zero-order valence-corrected chi connectivity index (χ0v) is 35.0. The number of para-hydroxylation sites is 1. The van der Waals surface area contributed by atoms with Gasteiger partial charge in [-0.3, -0.25) is 0 Å². The van der Waals surface area contributed by atoms with Gasteiger partial charge in [0.25, 0.3) is 0 Å². The number of nitrogens with zero attached hydrogens (tertiary/aromatic N) is 2. The summed E-state index contributed by atoms with van der Waals surface area (Å²) in [6.45, 7) is 0. The summed E-state index contributed by atoms with van der Waals surface area (Å²) in [5, 5.41) is 4.72. The van der Waals surface area contributed by atoms with Gasteiger partial charge in [-0.05, 0) is 160 Å². The lowest BCUT2D eigenvalue weighted by molar-refractivity contribution is -0.0399. The Morgan fingerprint density at radius 1 is 0.381 bits per heavy atom. The third kappa shape index (κ3) is 5.32. The number of furan rings is 1. The molecule has 0 aliphatic heterocycles. The fourth-order valence-electron chi connectivity index (χ4n) is 13.2. The maximum absolute atomic E-state index is 6.27. The van der Waals surface area contributed by atoms with Gasteiger partial charge in [-0.2, -0.15) is 0 Å². The summed E-state index contributed by atoms with van der Waals surface area (Å²) in [4.78, 5) is 10.8. The molecule has 5 aliphatic rings. The number of fused-ring (bicyclic) bond motifs is 7. The summed E-state index contributed by atoms with van der Waals surface area (Å²) in [5.41, 5.74) is 17.7. The Morgan fingerprint density at radius 2 is 0.905 bits per heavy atom. The molecule has 0 amide bonds. The van der Waals surface area contributed by atoms with Crippen molar-refractivity contribution in [3.05, 3.63) is 193 Å². The minimum Gasteiger partial charge on any atom is -0.456 e. The molecule has 0 atom stereocenters. The zero-order chi connectivity index (χ0) is 41.2. The van der Waals surface area contributed by atoms with Gasteiger partial charge in [0.1, 0.15) is 11.2 Å². The minimum atomic E-state index is 0.0593. The largest absolute Gasteiger partial charge is 0.456 e. The van der Waals surface area contributed by atoms with Gasteiger partial charge in [0, 0.05) is 32.9 Å². The summed E-state index contributed by atoms with van der Waals surface area (Å²) in [6, 6.07) is 66.7. The van der Waals surface area contributed by atoms with E-state index in [1.165, 1.54) is 81.5 Å². The number of aromatic nitrogens is 2. The molecule has 4 saturated carbocycles. The third-order valence-corrected chi connectivity index (χ3v) is 15.7. The van der Waals surface area contributed by atoms with E-state index in [0.29, 0.717) is 11.8 Å². The van der Waals surface area contributed by atoms with Crippen LogP contribution in [0.25, 0.3) is 100.0 Å². The molecule has 5 aliphatic carbocycles. The summed E-state index contributed by atoms with van der Waals surface area (Å²) < 4.78 is 6.27. The summed E-state index contributed by atoms with van der Waals surface area (Å²) >= 11 is 0. The molecule has 3 nitrogen and oxygen atoms in total. The highest BCUT2D eigenvalue weighted by molar-refractivity contribution is 6.06. The zero-order valence-electron chi connectivity index (χ0n) is 35.0. The van der Waals surface area contributed by atoms with E-state index < -0.39 is 0 Å². The molecule has 0 saturated heterocycles. The maximum atomic E-state index is 6.27. The molecule has 3 heteroatoms. The van der Waals surface area contributed by atoms with Crippen LogP contribution in [-0.2, 0) is 5.41 Å². The van der Waals surface area contributed by atoms with Crippen LogP contribution in [0.1, 0.15) is 43.2 Å². The molecule has 0 unspecified atom stereocenters. The van der Waals surface area contributed by atoms with E-state index in [4.69, 9.17) is 14.4 Å². The van der Waals surface area contributed by atoms with Gasteiger partial charge in [-0.1, -0.05) is 133 Å². The molecular formula is C60H44N2O. The summed E-state index contributed by atoms with van der Waals surface area (Å²) in [5.74, 6) is 3.86. The third-order valence-electron chi connectivity index (χ3n) is 15.7. The number of hydrogen-bond donors (Lipinski definition) is 0. The topological polar surface area (TPSA) is 38.9 Å². The van der Waals surface area contributed by atoms with Crippen molar-refractivity contribution in [1.82, 2.24) is 9.97 Å². The molecule has 0 N–H and O–H groups in total. The van der Waals surface area contributed by atoms with Crippen LogP contribution in [0.15, 0.2) is 186 Å². The van der Waals surface area contributed by atoms with Crippen molar-refractivity contribution in [3.63, 3.8) is 0 Å². The van der Waals surface area contributed by atoms with Crippen molar-refractivity contribution in [1.29, 1.82) is 0 Å². The molecule has 1 spiro atoms. The van der Waals surface area contributed by atoms with Crippen molar-refractivity contribution in [3.8, 4) is 67.3 Å². The second-order valence-corrected chi connectivity index (χ2v) is 18.9. The van der Waals surface area contributed by atoms with Crippen molar-refractivity contribution < 1.29 is 4.42 Å². The highest BCUT2D eigenvalue weighted by Gasteiger charge is 2.61. The number of hydrogen-bond acceptors (Lipinski definition) is 3. The van der Waals surface area contributed by atoms with Gasteiger partial charge in [-0.15, -0.1) is 0 Å². The molecule has 2 heterocycles. The maximum Gasteiger partial charge on any atom is 0.161 e. The van der Waals surface area contributed by atoms with Crippen LogP contribution in [0.4, 0.5) is 0 Å². The second-order valence-electron chi connectivity index (χ2n) is 18.9. The van der Waals surface area contributed by atoms with Crippen LogP contribution in [0.5, 0.6) is 0 Å². The minimum absolute atomic E-state index is 0.0593. The van der Waals surface area contributed by atoms with E-state index in [-0.39, 0.29) is 5.41 Å². The second kappa shape index (κ2) is 13.4. The number of benzene rings is 8. The lowest BCUT2D eigenvalue weighted by Crippen LogP contribution is -2.55. The number of rotatable bonds is 5. The van der Waals surface area contributed by atoms with E-state index in [9.17, 15) is 0 Å². The Kier molecular flexibility index (Phi) is 7.58. The first-order valence-electron chi connectivity index (χ1n) is 22.9. The molecule has 300 valence electrons. The highest BCUT2D eigenvalue weighted by Crippen LogP contribution is 2.69. The van der Waals surface area contributed by atoms with Crippen molar-refractivity contribution in [2.45, 2.75) is 37.5 Å². The lowest BCUT2D eigenvalue weighted by Gasteiger charge is -2.61. The van der Waals surface area contributed by atoms with Gasteiger partial charge in [-0.25, -0.2) is 9.97 Å². The predicted molar refractivity (Wildman–Crippen MR) is 257 cm³/mol. The van der Waals surface area contributed by atoms with Crippen LogP contribution < -0.4 is 0 Å². The van der Waals surface area contributed by atoms with Crippen molar-refractivity contribution >= 4 is 32.7 Å². The average molecular weight is 809 g/mol. The van der Waals surface area contributed by atoms with Crippen LogP contribution in [-0.4, -0.2) is 9.97 Å². The fourth-order valence-corrected chi connectivity index (χ4v) is 13.2. The first-order valence-corrected chi connectivity index (χ1v) is 22.9. The van der Waals surface area contributed by atoms with E-state index >= 15 is 0 Å². The average Bonchev–Trinajstić information content (AvgIpc) is 3.85. The van der Waals surface area contributed by atoms with Gasteiger partial charge < -0.3 is 4.42 Å². The smallest absolute Gasteiger partial charge is 0.161 e. The molecule has 8 aromatic carbocycles. The molecule has 0 radical (unpaired) electrons. The summed E-state index contributed by atoms with van der Waals surface area (Å²) in [6.07, 6.45) is 6.86. The van der Waals surface area contributed by atoms with E-state index in [1.807, 2.05) is 0 Å². The van der Waals surface area contributed by atoms with E-state index in [2.05, 4.69) is 182 Å². The summed E-state index contributed by atoms with van der Waals surface area (Å²) in [7, 11) is 0. The quantitative estimate of drug-likeness (QED) is 0.174. The van der Waals surface area contributed by atoms with Gasteiger partial charge in [0.2, 0.25) is 0 Å². The van der Waals surface area contributed by atoms with Crippen LogP contribution in [0, 0.1) is 23.7 Å². The molecule has 10 aromatic rings. The first-order chi connectivity index (χ1) is 31.1. The monoisotopic (exact) mass is 808 g/mol. The predicted octanol–water partition coefficient (Wildman–Crippen LogP) is 15.6. The lowest BCUT2D eigenvalue weighted by atomic mass is 9.43. The Bertz CT molecular complexity index is 3390. The highest BCUT2D eigenvalue weighted by atomic mass is 16.3. The standard InChI is InChI=1S/C60H44N2O/c1-3-11-38(12-4-1)55-35-56(39-13-5-2-6-14-39)62-59(61-55)52-33-41-16-8-7-15-40(41)30-48(52)44-20-23-54-50(34-44)49-31-42(43-21-24-58-51(32-43)47-17-9-10-18-57(47)63-58)19-22-53(49)60(54)45-26-36-25-37(28-45)29-46(60)27-36/h1-24,30-37,45-46H,25-29H2. The Hall–Kier alpha value is -7.10. The Morgan fingerprint density at radius 3 is 1.57 bits per heavy atom. The molecule has 63 heavy (non-hydrogen) atoms. The Labute approximate surface area is 367 Å². The first kappa shape index (κ1) is 35.5. The fraction of sp³-hybridized carbons (Fsp3) is 0.167. The molecule has 4 bridgehead atoms. The van der Waals surface area contributed by atoms with Crippen LogP contribution in [0.2, 0.25) is 0 Å². The molecule has 4 fully saturated rings.